The summed E-state index contributed by atoms with van der Waals surface area (Å²) < 4.78 is 5.16. The largest absolute Gasteiger partial charge is 0.480 e. The van der Waals surface area contributed by atoms with Crippen LogP contribution in [0, 0.1) is 0 Å². The molecule has 1 saturated heterocycles. The first-order chi connectivity index (χ1) is 9.65. The van der Waals surface area contributed by atoms with Gasteiger partial charge in [0.15, 0.2) is 5.17 Å². The van der Waals surface area contributed by atoms with Crippen molar-refractivity contribution in [1.82, 2.24) is 4.90 Å². The Morgan fingerprint density at radius 3 is 3.15 bits per heavy atom. The van der Waals surface area contributed by atoms with Gasteiger partial charge in [0.1, 0.15) is 11.8 Å². The van der Waals surface area contributed by atoms with Crippen LogP contribution in [0.5, 0.6) is 0 Å². The van der Waals surface area contributed by atoms with Gasteiger partial charge in [0, 0.05) is 12.6 Å². The first kappa shape index (κ1) is 13.0. The quantitative estimate of drug-likeness (QED) is 0.837. The summed E-state index contributed by atoms with van der Waals surface area (Å²) in [5.41, 5.74) is 0. The van der Waals surface area contributed by atoms with E-state index in [-0.39, 0.29) is 5.91 Å². The lowest BCUT2D eigenvalue weighted by atomic mass is 10.2. The summed E-state index contributed by atoms with van der Waals surface area (Å²) >= 11 is 1.20. The summed E-state index contributed by atoms with van der Waals surface area (Å²) in [6.45, 7) is 0.615. The number of carboxylic acid groups (broad SMARTS) is 1. The maximum absolute atomic E-state index is 11.9. The van der Waals surface area contributed by atoms with E-state index in [2.05, 4.69) is 4.99 Å². The number of amidine groups is 1. The molecule has 3 rings (SSSR count). The molecule has 20 heavy (non-hydrogen) atoms. The summed E-state index contributed by atoms with van der Waals surface area (Å²) in [6.07, 6.45) is 4.52. The maximum atomic E-state index is 11.9. The molecule has 0 aliphatic carbocycles. The number of rotatable bonds is 2. The third-order valence-electron chi connectivity index (χ3n) is 3.21. The standard InChI is InChI=1S/C13H12N2O4S/c16-11-10(7-8-3-2-6-19-8)20-13(14-11)15-5-1-4-9(15)12(17)18/h2-3,6-7,9H,1,4-5H2,(H,17,18)/b10-7-/t9-/m0/s1. The molecule has 104 valence electrons. The van der Waals surface area contributed by atoms with Gasteiger partial charge in [-0.05, 0) is 36.7 Å². The van der Waals surface area contributed by atoms with Crippen molar-refractivity contribution in [3.63, 3.8) is 0 Å². The number of carboxylic acids is 1. The number of nitrogens with zero attached hydrogens (tertiary/aromatic N) is 2. The predicted octanol–water partition coefficient (Wildman–Crippen LogP) is 1.80. The van der Waals surface area contributed by atoms with Crippen LogP contribution in [0.4, 0.5) is 0 Å². The van der Waals surface area contributed by atoms with E-state index in [1.165, 1.54) is 18.0 Å². The fraction of sp³-hybridized carbons (Fsp3) is 0.308. The Hall–Kier alpha value is -2.02. The third kappa shape index (κ3) is 2.36. The second kappa shape index (κ2) is 5.16. The Bertz CT molecular complexity index is 606. The molecule has 1 fully saturated rings. The van der Waals surface area contributed by atoms with Crippen molar-refractivity contribution in [2.45, 2.75) is 18.9 Å². The number of aliphatic imine (C=N–C) groups is 1. The SMILES string of the molecule is O=C1N=C(N2CCC[C@H]2C(=O)O)S/C1=C\c1ccco1. The Balaban J connectivity index is 1.79. The van der Waals surface area contributed by atoms with Crippen LogP contribution in [-0.2, 0) is 9.59 Å². The molecular weight excluding hydrogens is 280 g/mol. The van der Waals surface area contributed by atoms with Crippen molar-refractivity contribution in [2.75, 3.05) is 6.54 Å². The highest BCUT2D eigenvalue weighted by Gasteiger charge is 2.36. The molecule has 1 amide bonds. The van der Waals surface area contributed by atoms with Crippen molar-refractivity contribution in [3.8, 4) is 0 Å². The van der Waals surface area contributed by atoms with Gasteiger partial charge < -0.3 is 14.4 Å². The van der Waals surface area contributed by atoms with E-state index in [9.17, 15) is 9.59 Å². The molecule has 2 aliphatic rings. The second-order valence-electron chi connectivity index (χ2n) is 4.52. The van der Waals surface area contributed by atoms with Gasteiger partial charge in [-0.3, -0.25) is 4.79 Å². The lowest BCUT2D eigenvalue weighted by Crippen LogP contribution is -2.38. The van der Waals surface area contributed by atoms with Crippen LogP contribution in [-0.4, -0.2) is 39.6 Å². The number of hydrogen-bond acceptors (Lipinski definition) is 5. The molecule has 1 aromatic heterocycles. The van der Waals surface area contributed by atoms with E-state index in [1.54, 1.807) is 23.1 Å². The molecule has 3 heterocycles. The highest BCUT2D eigenvalue weighted by molar-refractivity contribution is 8.18. The molecule has 6 nitrogen and oxygen atoms in total. The van der Waals surface area contributed by atoms with E-state index in [4.69, 9.17) is 9.52 Å². The molecule has 1 atom stereocenters. The molecule has 2 aliphatic heterocycles. The number of thioether (sulfide) groups is 1. The Labute approximate surface area is 119 Å². The van der Waals surface area contributed by atoms with E-state index >= 15 is 0 Å². The monoisotopic (exact) mass is 292 g/mol. The van der Waals surface area contributed by atoms with Crippen LogP contribution in [0.1, 0.15) is 18.6 Å². The van der Waals surface area contributed by atoms with E-state index in [0.29, 0.717) is 28.8 Å². The summed E-state index contributed by atoms with van der Waals surface area (Å²) in [6, 6.07) is 2.89. The second-order valence-corrected chi connectivity index (χ2v) is 5.52. The lowest BCUT2D eigenvalue weighted by Gasteiger charge is -2.21. The zero-order chi connectivity index (χ0) is 14.1. The van der Waals surface area contributed by atoms with Crippen LogP contribution in [0.15, 0.2) is 32.7 Å². The predicted molar refractivity (Wildman–Crippen MR) is 74.1 cm³/mol. The van der Waals surface area contributed by atoms with Crippen molar-refractivity contribution in [3.05, 3.63) is 29.1 Å². The molecule has 7 heteroatoms. The average molecular weight is 292 g/mol. The molecule has 0 saturated carbocycles. The molecule has 0 unspecified atom stereocenters. The number of hydrogen-bond donors (Lipinski definition) is 1. The zero-order valence-electron chi connectivity index (χ0n) is 10.5. The molecule has 0 spiro atoms. The minimum atomic E-state index is -0.873. The maximum Gasteiger partial charge on any atom is 0.326 e. The number of carbonyl (C=O) groups is 2. The van der Waals surface area contributed by atoms with Crippen LogP contribution in [0.2, 0.25) is 0 Å². The van der Waals surface area contributed by atoms with Crippen LogP contribution in [0.25, 0.3) is 6.08 Å². The number of carbonyl (C=O) groups excluding carboxylic acids is 1. The van der Waals surface area contributed by atoms with Crippen molar-refractivity contribution < 1.29 is 19.1 Å². The van der Waals surface area contributed by atoms with Gasteiger partial charge in [0.2, 0.25) is 0 Å². The highest BCUT2D eigenvalue weighted by atomic mass is 32.2. The van der Waals surface area contributed by atoms with Crippen molar-refractivity contribution in [1.29, 1.82) is 0 Å². The highest BCUT2D eigenvalue weighted by Crippen LogP contribution is 2.33. The first-order valence-electron chi connectivity index (χ1n) is 6.20. The Morgan fingerprint density at radius 1 is 1.60 bits per heavy atom. The van der Waals surface area contributed by atoms with E-state index in [1.807, 2.05) is 0 Å². The van der Waals surface area contributed by atoms with Crippen LogP contribution >= 0.6 is 11.8 Å². The molecule has 1 aromatic rings. The van der Waals surface area contributed by atoms with Gasteiger partial charge in [-0.25, -0.2) is 4.79 Å². The lowest BCUT2D eigenvalue weighted by molar-refractivity contribution is -0.140. The first-order valence-corrected chi connectivity index (χ1v) is 7.02. The molecule has 1 N–H and O–H groups in total. The van der Waals surface area contributed by atoms with Gasteiger partial charge in [-0.2, -0.15) is 4.99 Å². The van der Waals surface area contributed by atoms with Crippen LogP contribution < -0.4 is 0 Å². The van der Waals surface area contributed by atoms with Gasteiger partial charge in [0.25, 0.3) is 5.91 Å². The Kier molecular flexibility index (Phi) is 3.35. The van der Waals surface area contributed by atoms with Gasteiger partial charge in [0.05, 0.1) is 11.2 Å². The minimum absolute atomic E-state index is 0.350. The average Bonchev–Trinajstić information content (AvgIpc) is 3.11. The zero-order valence-corrected chi connectivity index (χ0v) is 11.3. The molecule has 0 aromatic carbocycles. The van der Waals surface area contributed by atoms with Gasteiger partial charge in [-0.15, -0.1) is 0 Å². The van der Waals surface area contributed by atoms with Gasteiger partial charge in [-0.1, -0.05) is 0 Å². The number of furan rings is 1. The van der Waals surface area contributed by atoms with Crippen molar-refractivity contribution >= 4 is 34.9 Å². The van der Waals surface area contributed by atoms with Crippen LogP contribution in [0.3, 0.4) is 0 Å². The number of amides is 1. The third-order valence-corrected chi connectivity index (χ3v) is 4.23. The van der Waals surface area contributed by atoms with Crippen molar-refractivity contribution in [2.24, 2.45) is 4.99 Å². The number of aliphatic carboxylic acids is 1. The summed E-state index contributed by atoms with van der Waals surface area (Å²) in [5.74, 6) is -0.646. The number of likely N-dealkylation sites (tertiary alicyclic amines) is 1. The summed E-state index contributed by atoms with van der Waals surface area (Å²) in [7, 11) is 0. The molecule has 0 bridgehead atoms. The van der Waals surface area contributed by atoms with Gasteiger partial charge >= 0.3 is 5.97 Å². The fourth-order valence-electron chi connectivity index (χ4n) is 2.28. The smallest absolute Gasteiger partial charge is 0.326 e. The van der Waals surface area contributed by atoms with E-state index < -0.39 is 12.0 Å². The summed E-state index contributed by atoms with van der Waals surface area (Å²) in [4.78, 5) is 29.1. The molecular formula is C13H12N2O4S. The fourth-order valence-corrected chi connectivity index (χ4v) is 3.24. The van der Waals surface area contributed by atoms with E-state index in [0.717, 1.165) is 6.42 Å². The summed E-state index contributed by atoms with van der Waals surface area (Å²) in [5, 5.41) is 9.63. The minimum Gasteiger partial charge on any atom is -0.480 e. The normalized spacial score (nSPS) is 24.5. The Morgan fingerprint density at radius 2 is 2.45 bits per heavy atom. The molecule has 0 radical (unpaired) electrons. The topological polar surface area (TPSA) is 83.1 Å².